The van der Waals surface area contributed by atoms with Crippen LogP contribution < -0.4 is 4.74 Å². The highest BCUT2D eigenvalue weighted by Crippen LogP contribution is 2.48. The van der Waals surface area contributed by atoms with Crippen LogP contribution in [0, 0.1) is 11.3 Å². The topological polar surface area (TPSA) is 84.6 Å². The standard InChI is InChI=1S/C30H21N5O/c1-30(2)22-13-11-19(18-31)16-25(22)36-26-17-21(12-14-23(26)30)28-33-27(20-8-4-3-5-9-20)34-29(35-28)24-10-6-7-15-32-24/h3-17H,1-2H3. The second-order valence-electron chi connectivity index (χ2n) is 9.15. The zero-order valence-electron chi connectivity index (χ0n) is 19.8. The molecule has 0 amide bonds. The smallest absolute Gasteiger partial charge is 0.182 e. The van der Waals surface area contributed by atoms with E-state index in [0.29, 0.717) is 34.5 Å². The average molecular weight is 468 g/mol. The van der Waals surface area contributed by atoms with Gasteiger partial charge >= 0.3 is 0 Å². The van der Waals surface area contributed by atoms with E-state index in [1.165, 1.54) is 0 Å². The molecule has 3 heterocycles. The summed E-state index contributed by atoms with van der Waals surface area (Å²) in [5, 5.41) is 9.36. The van der Waals surface area contributed by atoms with E-state index in [9.17, 15) is 5.26 Å². The van der Waals surface area contributed by atoms with Crippen molar-refractivity contribution in [3.63, 3.8) is 0 Å². The Balaban J connectivity index is 1.50. The first-order chi connectivity index (χ1) is 17.5. The fraction of sp³-hybridized carbons (Fsp3) is 0.100. The van der Waals surface area contributed by atoms with Crippen LogP contribution in [0.15, 0.2) is 91.1 Å². The molecule has 0 aliphatic carbocycles. The van der Waals surface area contributed by atoms with Gasteiger partial charge in [0.2, 0.25) is 0 Å². The third-order valence-electron chi connectivity index (χ3n) is 6.48. The van der Waals surface area contributed by atoms with Crippen molar-refractivity contribution in [1.29, 1.82) is 5.26 Å². The van der Waals surface area contributed by atoms with Gasteiger partial charge in [0.1, 0.15) is 17.2 Å². The van der Waals surface area contributed by atoms with Crippen LogP contribution in [-0.2, 0) is 5.41 Å². The van der Waals surface area contributed by atoms with Gasteiger partial charge in [-0.3, -0.25) is 4.98 Å². The molecular formula is C30H21N5O. The van der Waals surface area contributed by atoms with E-state index in [1.54, 1.807) is 12.3 Å². The fourth-order valence-corrected chi connectivity index (χ4v) is 4.55. The Hall–Kier alpha value is -4.89. The number of rotatable bonds is 3. The van der Waals surface area contributed by atoms with Gasteiger partial charge in [-0.2, -0.15) is 5.26 Å². The van der Waals surface area contributed by atoms with E-state index in [1.807, 2.05) is 72.8 Å². The van der Waals surface area contributed by atoms with Crippen molar-refractivity contribution < 1.29 is 4.74 Å². The minimum Gasteiger partial charge on any atom is -0.457 e. The van der Waals surface area contributed by atoms with Crippen molar-refractivity contribution in [2.75, 3.05) is 0 Å². The molecule has 36 heavy (non-hydrogen) atoms. The molecule has 2 aromatic heterocycles. The van der Waals surface area contributed by atoms with Crippen LogP contribution in [0.25, 0.3) is 34.3 Å². The summed E-state index contributed by atoms with van der Waals surface area (Å²) in [6.07, 6.45) is 1.72. The molecule has 6 nitrogen and oxygen atoms in total. The second-order valence-corrected chi connectivity index (χ2v) is 9.15. The SMILES string of the molecule is CC1(C)c2ccc(C#N)cc2Oc2cc(-c3nc(-c4ccccc4)nc(-c4ccccn4)n3)ccc21. The Morgan fingerprint density at radius 1 is 0.694 bits per heavy atom. The first-order valence-corrected chi connectivity index (χ1v) is 11.6. The van der Waals surface area contributed by atoms with Crippen molar-refractivity contribution in [1.82, 2.24) is 19.9 Å². The zero-order chi connectivity index (χ0) is 24.7. The highest BCUT2D eigenvalue weighted by atomic mass is 16.5. The summed E-state index contributed by atoms with van der Waals surface area (Å²) < 4.78 is 6.31. The van der Waals surface area contributed by atoms with E-state index in [0.717, 1.165) is 28.0 Å². The molecule has 0 N–H and O–H groups in total. The Kier molecular flexibility index (Phi) is 5.05. The van der Waals surface area contributed by atoms with E-state index >= 15 is 0 Å². The van der Waals surface area contributed by atoms with Gasteiger partial charge in [-0.05, 0) is 30.3 Å². The summed E-state index contributed by atoms with van der Waals surface area (Å²) in [6.45, 7) is 4.32. The average Bonchev–Trinajstić information content (AvgIpc) is 2.93. The van der Waals surface area contributed by atoms with Gasteiger partial charge in [0.25, 0.3) is 0 Å². The molecule has 0 atom stereocenters. The number of fused-ring (bicyclic) bond motifs is 2. The largest absolute Gasteiger partial charge is 0.457 e. The van der Waals surface area contributed by atoms with E-state index in [2.05, 4.69) is 31.0 Å². The summed E-state index contributed by atoms with van der Waals surface area (Å²) in [6, 6.07) is 29.3. The van der Waals surface area contributed by atoms with Crippen molar-refractivity contribution in [3.8, 4) is 51.9 Å². The molecule has 1 aliphatic heterocycles. The van der Waals surface area contributed by atoms with Gasteiger partial charge in [-0.1, -0.05) is 68.4 Å². The number of benzene rings is 3. The Labute approximate surface area is 208 Å². The lowest BCUT2D eigenvalue weighted by atomic mass is 9.75. The molecular weight excluding hydrogens is 446 g/mol. The van der Waals surface area contributed by atoms with Gasteiger partial charge in [-0.25, -0.2) is 15.0 Å². The van der Waals surface area contributed by atoms with E-state index in [4.69, 9.17) is 19.7 Å². The van der Waals surface area contributed by atoms with Crippen molar-refractivity contribution in [3.05, 3.63) is 108 Å². The van der Waals surface area contributed by atoms with Gasteiger partial charge in [0, 0.05) is 33.9 Å². The van der Waals surface area contributed by atoms with Crippen molar-refractivity contribution >= 4 is 0 Å². The van der Waals surface area contributed by atoms with Gasteiger partial charge < -0.3 is 4.74 Å². The summed E-state index contributed by atoms with van der Waals surface area (Å²) in [5.41, 5.74) is 4.76. The molecule has 0 radical (unpaired) electrons. The van der Waals surface area contributed by atoms with Gasteiger partial charge in [0.05, 0.1) is 11.6 Å². The monoisotopic (exact) mass is 467 g/mol. The first-order valence-electron chi connectivity index (χ1n) is 11.6. The van der Waals surface area contributed by atoms with Crippen molar-refractivity contribution in [2.24, 2.45) is 0 Å². The lowest BCUT2D eigenvalue weighted by molar-refractivity contribution is 0.418. The van der Waals surface area contributed by atoms with Crippen LogP contribution in [0.2, 0.25) is 0 Å². The molecule has 172 valence electrons. The van der Waals surface area contributed by atoms with Gasteiger partial charge in [-0.15, -0.1) is 0 Å². The molecule has 6 rings (SSSR count). The molecule has 3 aromatic carbocycles. The maximum atomic E-state index is 9.36. The molecule has 5 aromatic rings. The number of hydrogen-bond donors (Lipinski definition) is 0. The highest BCUT2D eigenvalue weighted by Gasteiger charge is 2.34. The molecule has 0 saturated heterocycles. The number of aromatic nitrogens is 4. The Morgan fingerprint density at radius 3 is 2.08 bits per heavy atom. The lowest BCUT2D eigenvalue weighted by Crippen LogP contribution is -2.24. The molecule has 0 saturated carbocycles. The minimum absolute atomic E-state index is 0.289. The van der Waals surface area contributed by atoms with Crippen LogP contribution in [0.4, 0.5) is 0 Å². The molecule has 1 aliphatic rings. The molecule has 0 spiro atoms. The van der Waals surface area contributed by atoms with Crippen LogP contribution in [0.3, 0.4) is 0 Å². The van der Waals surface area contributed by atoms with Crippen LogP contribution in [-0.4, -0.2) is 19.9 Å². The third-order valence-corrected chi connectivity index (χ3v) is 6.48. The van der Waals surface area contributed by atoms with Crippen LogP contribution in [0.5, 0.6) is 11.5 Å². The molecule has 0 fully saturated rings. The van der Waals surface area contributed by atoms with E-state index < -0.39 is 0 Å². The quantitative estimate of drug-likeness (QED) is 0.298. The number of ether oxygens (including phenoxy) is 1. The molecule has 6 heteroatoms. The summed E-state index contributed by atoms with van der Waals surface area (Å²) >= 11 is 0. The molecule has 0 bridgehead atoms. The maximum absolute atomic E-state index is 9.36. The van der Waals surface area contributed by atoms with Crippen molar-refractivity contribution in [2.45, 2.75) is 19.3 Å². The summed E-state index contributed by atoms with van der Waals surface area (Å²) in [7, 11) is 0. The molecule has 0 unspecified atom stereocenters. The maximum Gasteiger partial charge on any atom is 0.182 e. The highest BCUT2D eigenvalue weighted by molar-refractivity contribution is 5.69. The third kappa shape index (κ3) is 3.68. The first kappa shape index (κ1) is 21.6. The normalized spacial score (nSPS) is 13.1. The zero-order valence-corrected chi connectivity index (χ0v) is 19.8. The summed E-state index contributed by atoms with van der Waals surface area (Å²) in [5.74, 6) is 3.02. The number of nitrogens with zero attached hydrogens (tertiary/aromatic N) is 5. The predicted molar refractivity (Wildman–Crippen MR) is 137 cm³/mol. The number of hydrogen-bond acceptors (Lipinski definition) is 6. The fourth-order valence-electron chi connectivity index (χ4n) is 4.55. The second kappa shape index (κ2) is 8.40. The van der Waals surface area contributed by atoms with Crippen LogP contribution >= 0.6 is 0 Å². The van der Waals surface area contributed by atoms with E-state index in [-0.39, 0.29) is 5.41 Å². The lowest BCUT2D eigenvalue weighted by Gasteiger charge is -2.34. The minimum atomic E-state index is -0.289. The Bertz CT molecular complexity index is 1580. The summed E-state index contributed by atoms with van der Waals surface area (Å²) in [4.78, 5) is 18.7. The van der Waals surface area contributed by atoms with Crippen LogP contribution in [0.1, 0.15) is 30.5 Å². The van der Waals surface area contributed by atoms with Gasteiger partial charge in [0.15, 0.2) is 17.5 Å². The predicted octanol–water partition coefficient (Wildman–Crippen LogP) is 6.57. The number of nitriles is 1. The number of pyridine rings is 1. The Morgan fingerprint density at radius 2 is 1.36 bits per heavy atom.